The van der Waals surface area contributed by atoms with Crippen LogP contribution in [0.4, 0.5) is 0 Å². The normalized spacial score (nSPS) is 18.3. The lowest BCUT2D eigenvalue weighted by Crippen LogP contribution is -2.01. The molecule has 0 aromatic carbocycles. The molecular formula is C9H7ClN2. The van der Waals surface area contributed by atoms with Gasteiger partial charge in [-0.05, 0) is 12.1 Å². The van der Waals surface area contributed by atoms with Crippen LogP contribution in [0, 0.1) is 6.57 Å². The molecule has 2 nitrogen and oxygen atoms in total. The Balaban J connectivity index is 2.48. The Morgan fingerprint density at radius 2 is 2.33 bits per heavy atom. The van der Waals surface area contributed by atoms with Gasteiger partial charge in [0.1, 0.15) is 5.15 Å². The highest BCUT2D eigenvalue weighted by atomic mass is 35.5. The van der Waals surface area contributed by atoms with Gasteiger partial charge in [0.2, 0.25) is 0 Å². The van der Waals surface area contributed by atoms with E-state index in [1.165, 1.54) is 0 Å². The lowest BCUT2D eigenvalue weighted by molar-refractivity contribution is 0.874. The van der Waals surface area contributed by atoms with E-state index in [1.54, 1.807) is 6.20 Å². The van der Waals surface area contributed by atoms with Gasteiger partial charge in [-0.3, -0.25) is 0 Å². The van der Waals surface area contributed by atoms with Crippen LogP contribution in [0.1, 0.15) is 18.4 Å². The molecule has 3 heteroatoms. The Kier molecular flexibility index (Phi) is 1.55. The molecule has 0 N–H and O–H groups in total. The molecule has 1 fully saturated rings. The van der Waals surface area contributed by atoms with Gasteiger partial charge in [0, 0.05) is 19.0 Å². The third-order valence-electron chi connectivity index (χ3n) is 2.20. The number of nitrogens with zero attached hydrogens (tertiary/aromatic N) is 2. The van der Waals surface area contributed by atoms with Crippen LogP contribution < -0.4 is 0 Å². The first-order valence-corrected chi connectivity index (χ1v) is 4.16. The summed E-state index contributed by atoms with van der Waals surface area (Å²) in [5, 5.41) is 0.478. The summed E-state index contributed by atoms with van der Waals surface area (Å²) >= 11 is 5.87. The lowest BCUT2D eigenvalue weighted by Gasteiger charge is -2.02. The van der Waals surface area contributed by atoms with Crippen LogP contribution in [0.15, 0.2) is 18.3 Å². The third-order valence-corrected chi connectivity index (χ3v) is 2.50. The molecule has 1 aromatic heterocycles. The van der Waals surface area contributed by atoms with Gasteiger partial charge >= 0.3 is 0 Å². The van der Waals surface area contributed by atoms with Gasteiger partial charge in [-0.25, -0.2) is 11.6 Å². The maximum atomic E-state index is 7.04. The lowest BCUT2D eigenvalue weighted by atomic mass is 10.1. The minimum atomic E-state index is -0.328. The van der Waals surface area contributed by atoms with Crippen molar-refractivity contribution in [2.45, 2.75) is 18.4 Å². The average molecular weight is 179 g/mol. The highest BCUT2D eigenvalue weighted by molar-refractivity contribution is 6.30. The quantitative estimate of drug-likeness (QED) is 0.477. The molecule has 0 spiro atoms. The fourth-order valence-corrected chi connectivity index (χ4v) is 1.59. The summed E-state index contributed by atoms with van der Waals surface area (Å²) in [6.45, 7) is 7.04. The summed E-state index contributed by atoms with van der Waals surface area (Å²) in [6.07, 6.45) is 3.48. The highest BCUT2D eigenvalue weighted by Gasteiger charge is 2.54. The van der Waals surface area contributed by atoms with Crippen molar-refractivity contribution in [3.63, 3.8) is 0 Å². The smallest absolute Gasteiger partial charge is 0.261 e. The zero-order valence-electron chi connectivity index (χ0n) is 6.42. The minimum absolute atomic E-state index is 0.328. The summed E-state index contributed by atoms with van der Waals surface area (Å²) < 4.78 is 0. The van der Waals surface area contributed by atoms with Crippen molar-refractivity contribution in [1.82, 2.24) is 4.98 Å². The second kappa shape index (κ2) is 2.46. The molecule has 0 atom stereocenters. The van der Waals surface area contributed by atoms with Gasteiger partial charge in [0.25, 0.3) is 5.54 Å². The second-order valence-corrected chi connectivity index (χ2v) is 3.34. The van der Waals surface area contributed by atoms with Crippen molar-refractivity contribution < 1.29 is 0 Å². The summed E-state index contributed by atoms with van der Waals surface area (Å²) in [4.78, 5) is 7.54. The van der Waals surface area contributed by atoms with E-state index < -0.39 is 0 Å². The SMILES string of the molecule is [C-]#[N+]C1(c2cccnc2Cl)CC1. The van der Waals surface area contributed by atoms with E-state index in [0.717, 1.165) is 18.4 Å². The first-order chi connectivity index (χ1) is 5.78. The zero-order valence-corrected chi connectivity index (χ0v) is 7.17. The van der Waals surface area contributed by atoms with Crippen LogP contribution in [-0.4, -0.2) is 4.98 Å². The number of rotatable bonds is 1. The summed E-state index contributed by atoms with van der Waals surface area (Å²) in [6, 6.07) is 3.72. The van der Waals surface area contributed by atoms with Gasteiger partial charge in [-0.15, -0.1) is 0 Å². The molecule has 12 heavy (non-hydrogen) atoms. The molecular weight excluding hydrogens is 172 g/mol. The fourth-order valence-electron chi connectivity index (χ4n) is 1.29. The third kappa shape index (κ3) is 0.981. The van der Waals surface area contributed by atoms with Crippen LogP contribution in [0.25, 0.3) is 4.85 Å². The van der Waals surface area contributed by atoms with Gasteiger partial charge in [0.05, 0.1) is 5.56 Å². The minimum Gasteiger partial charge on any atom is -0.305 e. The topological polar surface area (TPSA) is 17.2 Å². The second-order valence-electron chi connectivity index (χ2n) is 2.99. The molecule has 0 saturated heterocycles. The van der Waals surface area contributed by atoms with Crippen LogP contribution in [0.3, 0.4) is 0 Å². The molecule has 1 saturated carbocycles. The maximum Gasteiger partial charge on any atom is 0.261 e. The van der Waals surface area contributed by atoms with E-state index in [0.29, 0.717) is 5.15 Å². The predicted molar refractivity (Wildman–Crippen MR) is 46.8 cm³/mol. The number of aromatic nitrogens is 1. The molecule has 1 heterocycles. The van der Waals surface area contributed by atoms with E-state index in [4.69, 9.17) is 18.2 Å². The highest BCUT2D eigenvalue weighted by Crippen LogP contribution is 2.51. The predicted octanol–water partition coefficient (Wildman–Crippen LogP) is 2.64. The largest absolute Gasteiger partial charge is 0.305 e. The average Bonchev–Trinajstić information content (AvgIpc) is 2.86. The Bertz CT molecular complexity index is 350. The van der Waals surface area contributed by atoms with E-state index in [-0.39, 0.29) is 5.54 Å². The molecule has 1 aliphatic carbocycles. The Labute approximate surface area is 76.0 Å². The number of pyridine rings is 1. The van der Waals surface area contributed by atoms with Crippen molar-refractivity contribution in [3.8, 4) is 0 Å². The Morgan fingerprint density at radius 3 is 2.83 bits per heavy atom. The van der Waals surface area contributed by atoms with Gasteiger partial charge in [-0.1, -0.05) is 11.6 Å². The molecule has 0 unspecified atom stereocenters. The maximum absolute atomic E-state index is 7.04. The van der Waals surface area contributed by atoms with Gasteiger partial charge in [-0.2, -0.15) is 0 Å². The van der Waals surface area contributed by atoms with E-state index >= 15 is 0 Å². The van der Waals surface area contributed by atoms with Crippen molar-refractivity contribution in [1.29, 1.82) is 0 Å². The standard InChI is InChI=1S/C9H7ClN2/c1-11-9(4-5-9)7-3-2-6-12-8(7)10/h2-3,6H,4-5H2. The Hall–Kier alpha value is -1.07. The van der Waals surface area contributed by atoms with E-state index in [9.17, 15) is 0 Å². The van der Waals surface area contributed by atoms with Crippen molar-refractivity contribution in [2.75, 3.05) is 0 Å². The van der Waals surface area contributed by atoms with E-state index in [2.05, 4.69) is 9.83 Å². The van der Waals surface area contributed by atoms with Crippen molar-refractivity contribution in [3.05, 3.63) is 40.5 Å². The molecule has 0 bridgehead atoms. The van der Waals surface area contributed by atoms with Crippen LogP contribution in [0.2, 0.25) is 5.15 Å². The van der Waals surface area contributed by atoms with Gasteiger partial charge in [0.15, 0.2) is 0 Å². The molecule has 0 aliphatic heterocycles. The summed E-state index contributed by atoms with van der Waals surface area (Å²) in [5.74, 6) is 0. The first-order valence-electron chi connectivity index (χ1n) is 3.78. The number of hydrogen-bond donors (Lipinski definition) is 0. The van der Waals surface area contributed by atoms with E-state index in [1.807, 2.05) is 12.1 Å². The van der Waals surface area contributed by atoms with Crippen molar-refractivity contribution >= 4 is 11.6 Å². The van der Waals surface area contributed by atoms with Gasteiger partial charge < -0.3 is 4.85 Å². The summed E-state index contributed by atoms with van der Waals surface area (Å²) in [7, 11) is 0. The number of halogens is 1. The molecule has 2 rings (SSSR count). The fraction of sp³-hybridized carbons (Fsp3) is 0.333. The Morgan fingerprint density at radius 1 is 1.58 bits per heavy atom. The summed E-state index contributed by atoms with van der Waals surface area (Å²) in [5.41, 5.74) is 0.562. The molecule has 1 aliphatic rings. The molecule has 60 valence electrons. The molecule has 0 radical (unpaired) electrons. The van der Waals surface area contributed by atoms with Crippen LogP contribution in [-0.2, 0) is 5.54 Å². The molecule has 1 aromatic rings. The van der Waals surface area contributed by atoms with Crippen molar-refractivity contribution in [2.24, 2.45) is 0 Å². The van der Waals surface area contributed by atoms with Crippen LogP contribution >= 0.6 is 11.6 Å². The number of hydrogen-bond acceptors (Lipinski definition) is 1. The zero-order chi connectivity index (χ0) is 8.60. The van der Waals surface area contributed by atoms with Crippen LogP contribution in [0.5, 0.6) is 0 Å². The molecule has 0 amide bonds. The monoisotopic (exact) mass is 178 g/mol. The first kappa shape index (κ1) is 7.57.